The van der Waals surface area contributed by atoms with Crippen molar-refractivity contribution < 1.29 is 18.7 Å². The summed E-state index contributed by atoms with van der Waals surface area (Å²) in [5, 5.41) is 0. The molecule has 0 aliphatic heterocycles. The van der Waals surface area contributed by atoms with E-state index in [1.165, 1.54) is 6.07 Å². The van der Waals surface area contributed by atoms with Crippen LogP contribution < -0.4 is 0 Å². The lowest BCUT2D eigenvalue weighted by Crippen LogP contribution is -2.34. The lowest BCUT2D eigenvalue weighted by atomic mass is 9.88. The van der Waals surface area contributed by atoms with Crippen molar-refractivity contribution in [3.05, 3.63) is 59.9 Å². The van der Waals surface area contributed by atoms with E-state index in [2.05, 4.69) is 0 Å². The average molecular weight is 356 g/mol. The van der Waals surface area contributed by atoms with E-state index < -0.39 is 29.2 Å². The standard InChI is InChI=1S/C22H25FO3/c1-14(21(25)26-15(2)20(24)22(3,4)5)17-11-12-18(19(23)13-17)16-9-7-6-8-10-16/h6-15H,1-5H3. The Kier molecular flexibility index (Phi) is 5.96. The quantitative estimate of drug-likeness (QED) is 0.697. The Morgan fingerprint density at radius 2 is 1.62 bits per heavy atom. The molecule has 2 aromatic carbocycles. The number of Topliss-reactive ketones (excluding diaryl/α,β-unsaturated/α-hetero) is 1. The highest BCUT2D eigenvalue weighted by molar-refractivity contribution is 5.90. The number of carbonyl (C=O) groups is 2. The van der Waals surface area contributed by atoms with Crippen molar-refractivity contribution >= 4 is 11.8 Å². The van der Waals surface area contributed by atoms with Gasteiger partial charge in [-0.05, 0) is 31.0 Å². The van der Waals surface area contributed by atoms with Crippen LogP contribution in [0.4, 0.5) is 4.39 Å². The average Bonchev–Trinajstić information content (AvgIpc) is 2.60. The maximum atomic E-state index is 14.5. The van der Waals surface area contributed by atoms with Gasteiger partial charge in [-0.1, -0.05) is 63.2 Å². The summed E-state index contributed by atoms with van der Waals surface area (Å²) in [5.41, 5.74) is 1.18. The van der Waals surface area contributed by atoms with Gasteiger partial charge < -0.3 is 4.74 Å². The molecule has 0 saturated carbocycles. The van der Waals surface area contributed by atoms with E-state index in [-0.39, 0.29) is 5.78 Å². The zero-order valence-electron chi connectivity index (χ0n) is 15.9. The van der Waals surface area contributed by atoms with Crippen molar-refractivity contribution in [3.8, 4) is 11.1 Å². The van der Waals surface area contributed by atoms with E-state index in [1.807, 2.05) is 30.3 Å². The highest BCUT2D eigenvalue weighted by Gasteiger charge is 2.30. The predicted molar refractivity (Wildman–Crippen MR) is 100 cm³/mol. The first-order chi connectivity index (χ1) is 12.1. The number of benzene rings is 2. The fraction of sp³-hybridized carbons (Fsp3) is 0.364. The number of carbonyl (C=O) groups excluding carboxylic acids is 2. The first-order valence-corrected chi connectivity index (χ1v) is 8.71. The van der Waals surface area contributed by atoms with Gasteiger partial charge in [-0.3, -0.25) is 9.59 Å². The minimum atomic E-state index is -0.835. The molecule has 0 spiro atoms. The summed E-state index contributed by atoms with van der Waals surface area (Å²) in [7, 11) is 0. The molecule has 0 saturated heterocycles. The Hall–Kier alpha value is -2.49. The Morgan fingerprint density at radius 3 is 2.15 bits per heavy atom. The first kappa shape index (κ1) is 19.8. The number of rotatable bonds is 5. The molecule has 2 unspecified atom stereocenters. The van der Waals surface area contributed by atoms with Crippen molar-refractivity contribution in [2.24, 2.45) is 5.41 Å². The zero-order chi connectivity index (χ0) is 19.5. The van der Waals surface area contributed by atoms with Crippen LogP contribution in [-0.2, 0) is 14.3 Å². The lowest BCUT2D eigenvalue weighted by molar-refractivity contribution is -0.157. The smallest absolute Gasteiger partial charge is 0.313 e. The third-order valence-corrected chi connectivity index (χ3v) is 4.33. The van der Waals surface area contributed by atoms with E-state index in [0.29, 0.717) is 11.1 Å². The second-order valence-corrected chi connectivity index (χ2v) is 7.52. The van der Waals surface area contributed by atoms with Gasteiger partial charge in [0, 0.05) is 11.0 Å². The molecule has 3 nitrogen and oxygen atoms in total. The highest BCUT2D eigenvalue weighted by Crippen LogP contribution is 2.27. The number of ether oxygens (including phenoxy) is 1. The van der Waals surface area contributed by atoms with Crippen LogP contribution in [0.1, 0.15) is 46.1 Å². The van der Waals surface area contributed by atoms with Gasteiger partial charge in [0.2, 0.25) is 0 Å². The Morgan fingerprint density at radius 1 is 1.00 bits per heavy atom. The van der Waals surface area contributed by atoms with Crippen molar-refractivity contribution in [1.82, 2.24) is 0 Å². The summed E-state index contributed by atoms with van der Waals surface area (Å²) in [4.78, 5) is 24.5. The van der Waals surface area contributed by atoms with Crippen molar-refractivity contribution in [3.63, 3.8) is 0 Å². The molecule has 0 aliphatic rings. The van der Waals surface area contributed by atoms with E-state index in [1.54, 1.807) is 46.8 Å². The number of ketones is 1. The molecule has 0 aliphatic carbocycles. The van der Waals surface area contributed by atoms with Crippen LogP contribution in [0.5, 0.6) is 0 Å². The molecule has 0 radical (unpaired) electrons. The molecule has 26 heavy (non-hydrogen) atoms. The number of hydrogen-bond donors (Lipinski definition) is 0. The third kappa shape index (κ3) is 4.57. The third-order valence-electron chi connectivity index (χ3n) is 4.33. The summed E-state index contributed by atoms with van der Waals surface area (Å²) >= 11 is 0. The molecule has 0 fully saturated rings. The van der Waals surface area contributed by atoms with Gasteiger partial charge >= 0.3 is 5.97 Å². The maximum Gasteiger partial charge on any atom is 0.313 e. The monoisotopic (exact) mass is 356 g/mol. The Labute approximate surface area is 154 Å². The van der Waals surface area contributed by atoms with Crippen molar-refractivity contribution in [2.75, 3.05) is 0 Å². The van der Waals surface area contributed by atoms with Crippen LogP contribution in [0.3, 0.4) is 0 Å². The molecule has 0 N–H and O–H groups in total. The zero-order valence-corrected chi connectivity index (χ0v) is 15.9. The van der Waals surface area contributed by atoms with Crippen LogP contribution in [-0.4, -0.2) is 17.9 Å². The molecular formula is C22H25FO3. The molecule has 2 aromatic rings. The second kappa shape index (κ2) is 7.81. The summed E-state index contributed by atoms with van der Waals surface area (Å²) in [5.74, 6) is -1.75. The molecule has 0 bridgehead atoms. The predicted octanol–water partition coefficient (Wildman–Crippen LogP) is 5.14. The summed E-state index contributed by atoms with van der Waals surface area (Å²) in [6.07, 6.45) is -0.835. The van der Waals surface area contributed by atoms with Crippen LogP contribution in [0.15, 0.2) is 48.5 Å². The van der Waals surface area contributed by atoms with Crippen LogP contribution in [0.25, 0.3) is 11.1 Å². The fourth-order valence-electron chi connectivity index (χ4n) is 2.73. The van der Waals surface area contributed by atoms with Crippen LogP contribution >= 0.6 is 0 Å². The molecule has 0 heterocycles. The fourth-order valence-corrected chi connectivity index (χ4v) is 2.73. The highest BCUT2D eigenvalue weighted by atomic mass is 19.1. The van der Waals surface area contributed by atoms with E-state index in [9.17, 15) is 14.0 Å². The largest absolute Gasteiger partial charge is 0.454 e. The van der Waals surface area contributed by atoms with Gasteiger partial charge in [0.25, 0.3) is 0 Å². The van der Waals surface area contributed by atoms with Gasteiger partial charge in [-0.15, -0.1) is 0 Å². The SMILES string of the molecule is CC(OC(=O)C(C)c1ccc(-c2ccccc2)c(F)c1)C(=O)C(C)(C)C. The lowest BCUT2D eigenvalue weighted by Gasteiger charge is -2.23. The molecule has 138 valence electrons. The van der Waals surface area contributed by atoms with E-state index >= 15 is 0 Å². The maximum absolute atomic E-state index is 14.5. The number of esters is 1. The second-order valence-electron chi connectivity index (χ2n) is 7.52. The number of hydrogen-bond acceptors (Lipinski definition) is 3. The van der Waals surface area contributed by atoms with Crippen LogP contribution in [0, 0.1) is 11.2 Å². The first-order valence-electron chi connectivity index (χ1n) is 8.71. The van der Waals surface area contributed by atoms with E-state index in [4.69, 9.17) is 4.74 Å². The van der Waals surface area contributed by atoms with Gasteiger partial charge in [0.15, 0.2) is 11.9 Å². The minimum Gasteiger partial charge on any atom is -0.454 e. The summed E-state index contributed by atoms with van der Waals surface area (Å²) in [6.45, 7) is 8.55. The number of halogens is 1. The van der Waals surface area contributed by atoms with Crippen molar-refractivity contribution in [2.45, 2.75) is 46.6 Å². The topological polar surface area (TPSA) is 43.4 Å². The van der Waals surface area contributed by atoms with Gasteiger partial charge in [0.05, 0.1) is 5.92 Å². The molecule has 0 amide bonds. The van der Waals surface area contributed by atoms with Crippen molar-refractivity contribution in [1.29, 1.82) is 0 Å². The molecule has 2 rings (SSSR count). The molecule has 2 atom stereocenters. The van der Waals surface area contributed by atoms with Gasteiger partial charge in [-0.2, -0.15) is 0 Å². The minimum absolute atomic E-state index is 0.149. The molecule has 0 aromatic heterocycles. The summed E-state index contributed by atoms with van der Waals surface area (Å²) < 4.78 is 19.8. The molecule has 4 heteroatoms. The Balaban J connectivity index is 2.14. The van der Waals surface area contributed by atoms with Gasteiger partial charge in [0.1, 0.15) is 5.82 Å². The normalized spacial score (nSPS) is 13.8. The molecular weight excluding hydrogens is 331 g/mol. The van der Waals surface area contributed by atoms with Gasteiger partial charge in [-0.25, -0.2) is 4.39 Å². The summed E-state index contributed by atoms with van der Waals surface area (Å²) in [6, 6.07) is 13.9. The van der Waals surface area contributed by atoms with E-state index in [0.717, 1.165) is 5.56 Å². The van der Waals surface area contributed by atoms with Crippen LogP contribution in [0.2, 0.25) is 0 Å². The Bertz CT molecular complexity index is 791.